The van der Waals surface area contributed by atoms with Gasteiger partial charge in [-0.3, -0.25) is 0 Å². The molecule has 1 nitrogen and oxygen atoms in total. The van der Waals surface area contributed by atoms with Crippen LogP contribution in [0.15, 0.2) is 17.5 Å². The molecule has 0 fully saturated rings. The molecule has 0 saturated carbocycles. The number of rotatable bonds is 4. The van der Waals surface area contributed by atoms with E-state index in [9.17, 15) is 0 Å². The molecule has 0 bridgehead atoms. The highest BCUT2D eigenvalue weighted by molar-refractivity contribution is 7.16. The quantitative estimate of drug-likeness (QED) is 0.540. The predicted molar refractivity (Wildman–Crippen MR) is 50.6 cm³/mol. The second-order valence-electron chi connectivity index (χ2n) is 2.04. The molecule has 1 rings (SSSR count). The first-order valence-corrected chi connectivity index (χ1v) is 5.06. The van der Waals surface area contributed by atoms with E-state index in [0.717, 1.165) is 19.3 Å². The monoisotopic (exact) mass is 173 g/mol. The van der Waals surface area contributed by atoms with Crippen molar-refractivity contribution in [3.8, 4) is 0 Å². The largest absolute Gasteiger partial charge is 0.312 e. The standard InChI is InChI=1S/C7H12NPS/c9-4-3-8-6-7-2-1-5-10-7/h1-2,5,8H,3-4,6,9H2. The van der Waals surface area contributed by atoms with Gasteiger partial charge in [-0.05, 0) is 24.2 Å². The van der Waals surface area contributed by atoms with Gasteiger partial charge in [0.2, 0.25) is 0 Å². The number of nitrogens with one attached hydrogen (secondary N) is 1. The summed E-state index contributed by atoms with van der Waals surface area (Å²) in [4.78, 5) is 1.42. The van der Waals surface area contributed by atoms with Gasteiger partial charge in [-0.15, -0.1) is 20.6 Å². The lowest BCUT2D eigenvalue weighted by Crippen LogP contribution is -2.14. The van der Waals surface area contributed by atoms with Crippen LogP contribution in [0.5, 0.6) is 0 Å². The first kappa shape index (κ1) is 8.19. The van der Waals surface area contributed by atoms with Gasteiger partial charge in [-0.25, -0.2) is 0 Å². The third-order valence-corrected chi connectivity index (χ3v) is 2.37. The minimum absolute atomic E-state index is 1.02. The first-order valence-electron chi connectivity index (χ1n) is 3.36. The third kappa shape index (κ3) is 2.78. The molecule has 1 N–H and O–H groups in total. The summed E-state index contributed by atoms with van der Waals surface area (Å²) in [5.74, 6) is 0. The van der Waals surface area contributed by atoms with Crippen LogP contribution in [0.25, 0.3) is 0 Å². The van der Waals surface area contributed by atoms with Gasteiger partial charge >= 0.3 is 0 Å². The number of hydrogen-bond donors (Lipinski definition) is 1. The minimum atomic E-state index is 1.02. The van der Waals surface area contributed by atoms with Crippen molar-refractivity contribution in [3.05, 3.63) is 22.4 Å². The fourth-order valence-electron chi connectivity index (χ4n) is 0.727. The molecule has 3 heteroatoms. The van der Waals surface area contributed by atoms with Crippen LogP contribution in [0.3, 0.4) is 0 Å². The van der Waals surface area contributed by atoms with Gasteiger partial charge in [-0.2, -0.15) is 0 Å². The molecule has 0 aliphatic rings. The topological polar surface area (TPSA) is 12.0 Å². The summed E-state index contributed by atoms with van der Waals surface area (Å²) in [7, 11) is 2.70. The third-order valence-electron chi connectivity index (χ3n) is 1.20. The predicted octanol–water partition coefficient (Wildman–Crippen LogP) is 1.71. The Morgan fingerprint density at radius 2 is 2.50 bits per heavy atom. The molecule has 1 atom stereocenters. The van der Waals surface area contributed by atoms with Crippen molar-refractivity contribution < 1.29 is 0 Å². The van der Waals surface area contributed by atoms with Gasteiger partial charge in [0.25, 0.3) is 0 Å². The second kappa shape index (κ2) is 4.84. The minimum Gasteiger partial charge on any atom is -0.312 e. The van der Waals surface area contributed by atoms with E-state index in [4.69, 9.17) is 0 Å². The maximum atomic E-state index is 3.33. The number of hydrogen-bond acceptors (Lipinski definition) is 2. The van der Waals surface area contributed by atoms with Gasteiger partial charge in [-0.1, -0.05) is 6.07 Å². The number of thiophene rings is 1. The van der Waals surface area contributed by atoms with Crippen LogP contribution < -0.4 is 5.32 Å². The summed E-state index contributed by atoms with van der Waals surface area (Å²) in [6.07, 6.45) is 1.13. The molecule has 0 aliphatic heterocycles. The van der Waals surface area contributed by atoms with E-state index in [0.29, 0.717) is 0 Å². The van der Waals surface area contributed by atoms with Crippen molar-refractivity contribution in [3.63, 3.8) is 0 Å². The molecule has 0 saturated heterocycles. The van der Waals surface area contributed by atoms with Crippen LogP contribution in [-0.2, 0) is 6.54 Å². The van der Waals surface area contributed by atoms with Crippen molar-refractivity contribution in [2.45, 2.75) is 6.54 Å². The second-order valence-corrected chi connectivity index (χ2v) is 3.65. The summed E-state index contributed by atoms with van der Waals surface area (Å²) in [5, 5.41) is 5.44. The Kier molecular flexibility index (Phi) is 3.96. The van der Waals surface area contributed by atoms with E-state index in [1.165, 1.54) is 4.88 Å². The lowest BCUT2D eigenvalue weighted by molar-refractivity contribution is 0.741. The molecule has 1 unspecified atom stereocenters. The van der Waals surface area contributed by atoms with Gasteiger partial charge in [0.05, 0.1) is 0 Å². The van der Waals surface area contributed by atoms with Crippen molar-refractivity contribution >= 4 is 20.6 Å². The zero-order valence-electron chi connectivity index (χ0n) is 5.84. The highest BCUT2D eigenvalue weighted by Crippen LogP contribution is 2.06. The SMILES string of the molecule is PCCNCc1cccs1. The molecule has 0 aromatic carbocycles. The summed E-state index contributed by atoms with van der Waals surface area (Å²) < 4.78 is 0. The molecule has 1 heterocycles. The summed E-state index contributed by atoms with van der Waals surface area (Å²) in [5.41, 5.74) is 0. The highest BCUT2D eigenvalue weighted by atomic mass is 32.1. The van der Waals surface area contributed by atoms with Gasteiger partial charge in [0.1, 0.15) is 0 Å². The maximum Gasteiger partial charge on any atom is 0.0299 e. The summed E-state index contributed by atoms with van der Waals surface area (Å²) in [6, 6.07) is 4.24. The molecule has 1 aromatic heterocycles. The van der Waals surface area contributed by atoms with E-state index in [1.807, 2.05) is 0 Å². The van der Waals surface area contributed by atoms with Gasteiger partial charge in [0, 0.05) is 11.4 Å². The average molecular weight is 173 g/mol. The Bertz CT molecular complexity index is 162. The molecule has 56 valence electrons. The van der Waals surface area contributed by atoms with E-state index in [-0.39, 0.29) is 0 Å². The van der Waals surface area contributed by atoms with Crippen molar-refractivity contribution in [2.24, 2.45) is 0 Å². The fraction of sp³-hybridized carbons (Fsp3) is 0.429. The zero-order valence-corrected chi connectivity index (χ0v) is 7.81. The van der Waals surface area contributed by atoms with Gasteiger partial charge < -0.3 is 5.32 Å². The van der Waals surface area contributed by atoms with Crippen LogP contribution in [0.1, 0.15) is 4.88 Å². The summed E-state index contributed by atoms with van der Waals surface area (Å²) in [6.45, 7) is 2.11. The van der Waals surface area contributed by atoms with Crippen LogP contribution in [-0.4, -0.2) is 12.7 Å². The van der Waals surface area contributed by atoms with Crippen LogP contribution >= 0.6 is 20.6 Å². The fourth-order valence-corrected chi connectivity index (χ4v) is 1.61. The van der Waals surface area contributed by atoms with Crippen molar-refractivity contribution in [1.29, 1.82) is 0 Å². The molecule has 0 aliphatic carbocycles. The normalized spacial score (nSPS) is 10.1. The Morgan fingerprint density at radius 3 is 3.10 bits per heavy atom. The Labute approximate surface area is 68.0 Å². The average Bonchev–Trinajstić information content (AvgIpc) is 2.41. The maximum absolute atomic E-state index is 3.33. The van der Waals surface area contributed by atoms with Crippen LogP contribution in [0, 0.1) is 0 Å². The zero-order chi connectivity index (χ0) is 7.23. The van der Waals surface area contributed by atoms with Crippen LogP contribution in [0.4, 0.5) is 0 Å². The van der Waals surface area contributed by atoms with E-state index >= 15 is 0 Å². The molecular weight excluding hydrogens is 161 g/mol. The lowest BCUT2D eigenvalue weighted by atomic mass is 10.4. The molecule has 0 amide bonds. The Balaban J connectivity index is 2.15. The summed E-state index contributed by atoms with van der Waals surface area (Å²) >= 11 is 1.80. The van der Waals surface area contributed by atoms with E-state index < -0.39 is 0 Å². The van der Waals surface area contributed by atoms with Crippen LogP contribution in [0.2, 0.25) is 0 Å². The van der Waals surface area contributed by atoms with Crippen molar-refractivity contribution in [2.75, 3.05) is 12.7 Å². The molecular formula is C7H12NPS. The molecule has 0 spiro atoms. The molecule has 10 heavy (non-hydrogen) atoms. The molecule has 0 radical (unpaired) electrons. The van der Waals surface area contributed by atoms with E-state index in [2.05, 4.69) is 32.1 Å². The first-order chi connectivity index (χ1) is 4.93. The molecule has 1 aromatic rings. The van der Waals surface area contributed by atoms with Gasteiger partial charge in [0.15, 0.2) is 0 Å². The smallest absolute Gasteiger partial charge is 0.0299 e. The van der Waals surface area contributed by atoms with E-state index in [1.54, 1.807) is 11.3 Å². The highest BCUT2D eigenvalue weighted by Gasteiger charge is 1.89. The Morgan fingerprint density at radius 1 is 1.60 bits per heavy atom. The lowest BCUT2D eigenvalue weighted by Gasteiger charge is -1.97. The Hall–Kier alpha value is 0.0900. The van der Waals surface area contributed by atoms with Crippen molar-refractivity contribution in [1.82, 2.24) is 5.32 Å².